The van der Waals surface area contributed by atoms with E-state index in [9.17, 15) is 0 Å². The Morgan fingerprint density at radius 1 is 1.07 bits per heavy atom. The molecule has 0 amide bonds. The highest BCUT2D eigenvalue weighted by Gasteiger charge is 2.16. The Labute approximate surface area is 177 Å². The van der Waals surface area contributed by atoms with Crippen molar-refractivity contribution < 1.29 is 9.15 Å². The number of rotatable bonds is 8. The third-order valence-corrected chi connectivity index (χ3v) is 5.38. The Morgan fingerprint density at radius 2 is 1.86 bits per heavy atom. The maximum Gasteiger partial charge on any atom is 0.205 e. The first-order chi connectivity index (χ1) is 14.2. The van der Waals surface area contributed by atoms with Crippen LogP contribution in [0, 0.1) is 0 Å². The van der Waals surface area contributed by atoms with Crippen LogP contribution in [0.3, 0.4) is 0 Å². The summed E-state index contributed by atoms with van der Waals surface area (Å²) >= 11 is 7.46. The molecule has 4 rings (SSSR count). The normalized spacial score (nSPS) is 11.1. The first-order valence-electron chi connectivity index (χ1n) is 8.90. The van der Waals surface area contributed by atoms with Crippen LogP contribution < -0.4 is 0 Å². The average molecular weight is 428 g/mol. The molecule has 0 bridgehead atoms. The van der Waals surface area contributed by atoms with E-state index in [1.165, 1.54) is 11.8 Å². The molecule has 0 unspecified atom stereocenters. The van der Waals surface area contributed by atoms with E-state index in [1.807, 2.05) is 41.0 Å². The zero-order valence-corrected chi connectivity index (χ0v) is 17.2. The molecule has 0 saturated carbocycles. The van der Waals surface area contributed by atoms with Crippen molar-refractivity contribution in [1.82, 2.24) is 24.7 Å². The maximum atomic E-state index is 5.94. The molecule has 3 aromatic heterocycles. The summed E-state index contributed by atoms with van der Waals surface area (Å²) in [6.45, 7) is 1.20. The Kier molecular flexibility index (Phi) is 6.24. The van der Waals surface area contributed by atoms with Gasteiger partial charge in [0.15, 0.2) is 16.7 Å². The van der Waals surface area contributed by atoms with Gasteiger partial charge in [0.1, 0.15) is 0 Å². The van der Waals surface area contributed by atoms with Crippen molar-refractivity contribution in [2.24, 2.45) is 0 Å². The number of thioether (sulfide) groups is 1. The van der Waals surface area contributed by atoms with Gasteiger partial charge in [-0.25, -0.2) is 4.98 Å². The lowest BCUT2D eigenvalue weighted by Gasteiger charge is -2.09. The zero-order valence-electron chi connectivity index (χ0n) is 15.7. The lowest BCUT2D eigenvalue weighted by molar-refractivity contribution is 0.185. The van der Waals surface area contributed by atoms with Crippen LogP contribution in [0.2, 0.25) is 5.02 Å². The van der Waals surface area contributed by atoms with Gasteiger partial charge in [-0.2, -0.15) is 0 Å². The van der Waals surface area contributed by atoms with Crippen molar-refractivity contribution in [3.05, 3.63) is 65.9 Å². The minimum Gasteiger partial charge on any atom is -0.440 e. The molecule has 0 atom stereocenters. The van der Waals surface area contributed by atoms with Gasteiger partial charge in [0, 0.05) is 35.7 Å². The highest BCUT2D eigenvalue weighted by Crippen LogP contribution is 2.28. The van der Waals surface area contributed by atoms with Crippen molar-refractivity contribution >= 4 is 23.4 Å². The summed E-state index contributed by atoms with van der Waals surface area (Å²) in [6, 6.07) is 11.3. The van der Waals surface area contributed by atoms with E-state index in [-0.39, 0.29) is 0 Å². The Balaban J connectivity index is 1.51. The van der Waals surface area contributed by atoms with Crippen LogP contribution in [0.25, 0.3) is 22.7 Å². The Bertz CT molecular complexity index is 1070. The molecule has 9 heteroatoms. The Hall–Kier alpha value is -2.68. The van der Waals surface area contributed by atoms with E-state index in [4.69, 9.17) is 20.8 Å². The summed E-state index contributed by atoms with van der Waals surface area (Å²) in [5.74, 6) is 2.64. The highest BCUT2D eigenvalue weighted by atomic mass is 35.5. The summed E-state index contributed by atoms with van der Waals surface area (Å²) in [5, 5.41) is 10.2. The molecule has 0 spiro atoms. The quantitative estimate of drug-likeness (QED) is 0.380. The standard InChI is InChI=1S/C20H18ClN5O2S/c1-27-11-10-26-19(15-6-8-22-9-7-15)24-25-20(26)29-13-18-23-12-17(28-18)14-2-4-16(21)5-3-14/h2-9,12H,10-11,13H2,1H3. The van der Waals surface area contributed by atoms with Crippen LogP contribution in [0.15, 0.2) is 64.6 Å². The van der Waals surface area contributed by atoms with Gasteiger partial charge in [-0.15, -0.1) is 10.2 Å². The van der Waals surface area contributed by atoms with Gasteiger partial charge in [-0.3, -0.25) is 9.55 Å². The molecule has 0 aliphatic heterocycles. The van der Waals surface area contributed by atoms with E-state index in [0.29, 0.717) is 35.6 Å². The zero-order chi connectivity index (χ0) is 20.1. The van der Waals surface area contributed by atoms with Crippen LogP contribution in [-0.2, 0) is 17.0 Å². The van der Waals surface area contributed by atoms with Gasteiger partial charge in [-0.05, 0) is 36.4 Å². The third-order valence-electron chi connectivity index (χ3n) is 4.18. The summed E-state index contributed by atoms with van der Waals surface area (Å²) < 4.78 is 13.2. The summed E-state index contributed by atoms with van der Waals surface area (Å²) in [6.07, 6.45) is 5.20. The van der Waals surface area contributed by atoms with Gasteiger partial charge >= 0.3 is 0 Å². The topological polar surface area (TPSA) is 78.9 Å². The summed E-state index contributed by atoms with van der Waals surface area (Å²) in [4.78, 5) is 8.44. The molecule has 0 aliphatic carbocycles. The molecular weight excluding hydrogens is 410 g/mol. The fourth-order valence-electron chi connectivity index (χ4n) is 2.75. The largest absolute Gasteiger partial charge is 0.440 e. The van der Waals surface area contributed by atoms with Crippen LogP contribution in [0.1, 0.15) is 5.89 Å². The fraction of sp³-hybridized carbons (Fsp3) is 0.200. The molecule has 3 heterocycles. The van der Waals surface area contributed by atoms with Gasteiger partial charge < -0.3 is 9.15 Å². The molecule has 1 aromatic carbocycles. The average Bonchev–Trinajstić information content (AvgIpc) is 3.39. The van der Waals surface area contributed by atoms with Crippen molar-refractivity contribution in [2.45, 2.75) is 17.5 Å². The molecule has 0 radical (unpaired) electrons. The first kappa shape index (κ1) is 19.6. The predicted molar refractivity (Wildman–Crippen MR) is 112 cm³/mol. The molecule has 29 heavy (non-hydrogen) atoms. The molecule has 148 valence electrons. The van der Waals surface area contributed by atoms with E-state index in [0.717, 1.165) is 22.1 Å². The van der Waals surface area contributed by atoms with Crippen molar-refractivity contribution in [1.29, 1.82) is 0 Å². The number of methoxy groups -OCH3 is 1. The highest BCUT2D eigenvalue weighted by molar-refractivity contribution is 7.98. The molecule has 4 aromatic rings. The second kappa shape index (κ2) is 9.21. The SMILES string of the molecule is COCCn1c(SCc2ncc(-c3ccc(Cl)cc3)o2)nnc1-c1ccncc1. The predicted octanol–water partition coefficient (Wildman–Crippen LogP) is 4.59. The van der Waals surface area contributed by atoms with E-state index in [1.54, 1.807) is 25.7 Å². The van der Waals surface area contributed by atoms with Crippen LogP contribution in [0.5, 0.6) is 0 Å². The number of hydrogen-bond acceptors (Lipinski definition) is 7. The van der Waals surface area contributed by atoms with Gasteiger partial charge in [-0.1, -0.05) is 23.4 Å². The minimum absolute atomic E-state index is 0.537. The molecule has 0 saturated heterocycles. The van der Waals surface area contributed by atoms with Crippen LogP contribution in [0.4, 0.5) is 0 Å². The Morgan fingerprint density at radius 3 is 2.62 bits per heavy atom. The molecule has 0 fully saturated rings. The second-order valence-electron chi connectivity index (χ2n) is 6.10. The minimum atomic E-state index is 0.537. The lowest BCUT2D eigenvalue weighted by atomic mass is 10.2. The van der Waals surface area contributed by atoms with E-state index >= 15 is 0 Å². The molecule has 0 aliphatic rings. The maximum absolute atomic E-state index is 5.94. The number of nitrogens with zero attached hydrogens (tertiary/aromatic N) is 5. The molecule has 7 nitrogen and oxygen atoms in total. The number of ether oxygens (including phenoxy) is 1. The fourth-order valence-corrected chi connectivity index (χ4v) is 3.69. The van der Waals surface area contributed by atoms with Crippen molar-refractivity contribution in [3.63, 3.8) is 0 Å². The lowest BCUT2D eigenvalue weighted by Crippen LogP contribution is -2.07. The van der Waals surface area contributed by atoms with E-state index in [2.05, 4.69) is 20.2 Å². The summed E-state index contributed by atoms with van der Waals surface area (Å²) in [7, 11) is 1.67. The number of halogens is 1. The molecule has 0 N–H and O–H groups in total. The first-order valence-corrected chi connectivity index (χ1v) is 10.3. The van der Waals surface area contributed by atoms with Gasteiger partial charge in [0.05, 0.1) is 25.1 Å². The monoisotopic (exact) mass is 427 g/mol. The number of pyridine rings is 1. The second-order valence-corrected chi connectivity index (χ2v) is 7.48. The summed E-state index contributed by atoms with van der Waals surface area (Å²) in [5.41, 5.74) is 1.89. The van der Waals surface area contributed by atoms with Crippen LogP contribution in [-0.4, -0.2) is 38.4 Å². The smallest absolute Gasteiger partial charge is 0.205 e. The number of oxazole rings is 1. The number of aromatic nitrogens is 5. The van der Waals surface area contributed by atoms with Crippen LogP contribution >= 0.6 is 23.4 Å². The third kappa shape index (κ3) is 4.67. The van der Waals surface area contributed by atoms with E-state index < -0.39 is 0 Å². The number of benzene rings is 1. The van der Waals surface area contributed by atoms with Crippen molar-refractivity contribution in [3.8, 4) is 22.7 Å². The van der Waals surface area contributed by atoms with Gasteiger partial charge in [0.25, 0.3) is 0 Å². The van der Waals surface area contributed by atoms with Gasteiger partial charge in [0.2, 0.25) is 5.89 Å². The number of hydrogen-bond donors (Lipinski definition) is 0. The molecular formula is C20H18ClN5O2S. The van der Waals surface area contributed by atoms with Crippen molar-refractivity contribution in [2.75, 3.05) is 13.7 Å².